The first-order valence-corrected chi connectivity index (χ1v) is 12.1. The first-order valence-electron chi connectivity index (χ1n) is 11.3. The highest BCUT2D eigenvalue weighted by atomic mass is 35.5. The summed E-state index contributed by atoms with van der Waals surface area (Å²) >= 11 is 12.4. The molecule has 1 aliphatic rings. The zero-order chi connectivity index (χ0) is 25.0. The lowest BCUT2D eigenvalue weighted by Gasteiger charge is -2.25. The number of carbonyl (C=O) groups excluding carboxylic acids is 2. The van der Waals surface area contributed by atoms with Gasteiger partial charge in [0.15, 0.2) is 0 Å². The fraction of sp³-hybridized carbons (Fsp3) is 0.462. The SMILES string of the molecule is COC(=O)CC(c1ccc(Cl)c(NC(=O)C(c2ccc(Cl)cc2)C2CCC(F)(F)C2)c1)C(C)C. The normalized spacial score (nSPS) is 19.0. The molecule has 0 aliphatic heterocycles. The Labute approximate surface area is 209 Å². The van der Waals surface area contributed by atoms with Crippen LogP contribution in [0.3, 0.4) is 0 Å². The zero-order valence-corrected chi connectivity index (χ0v) is 20.9. The van der Waals surface area contributed by atoms with Gasteiger partial charge in [-0.25, -0.2) is 8.78 Å². The molecule has 1 aliphatic carbocycles. The molecule has 8 heteroatoms. The lowest BCUT2D eigenvalue weighted by Crippen LogP contribution is -2.27. The molecule has 0 saturated heterocycles. The van der Waals surface area contributed by atoms with E-state index in [2.05, 4.69) is 5.32 Å². The molecule has 1 amide bonds. The maximum Gasteiger partial charge on any atom is 0.306 e. The van der Waals surface area contributed by atoms with E-state index in [-0.39, 0.29) is 43.5 Å². The minimum absolute atomic E-state index is 0.131. The molecule has 0 heterocycles. The van der Waals surface area contributed by atoms with E-state index in [1.807, 2.05) is 19.9 Å². The van der Waals surface area contributed by atoms with Crippen LogP contribution in [0.25, 0.3) is 0 Å². The van der Waals surface area contributed by atoms with Crippen LogP contribution in [0.5, 0.6) is 0 Å². The molecule has 3 unspecified atom stereocenters. The summed E-state index contributed by atoms with van der Waals surface area (Å²) in [5.74, 6) is -4.82. The Bertz CT molecular complexity index is 1030. The van der Waals surface area contributed by atoms with Gasteiger partial charge in [0.2, 0.25) is 11.8 Å². The number of methoxy groups -OCH3 is 1. The Morgan fingerprint density at radius 3 is 2.32 bits per heavy atom. The molecule has 0 aromatic heterocycles. The van der Waals surface area contributed by atoms with Crippen molar-refractivity contribution in [1.82, 2.24) is 0 Å². The Hall–Kier alpha value is -2.18. The van der Waals surface area contributed by atoms with Gasteiger partial charge < -0.3 is 10.1 Å². The number of benzene rings is 2. The van der Waals surface area contributed by atoms with E-state index < -0.39 is 23.7 Å². The summed E-state index contributed by atoms with van der Waals surface area (Å²) < 4.78 is 32.9. The van der Waals surface area contributed by atoms with E-state index >= 15 is 0 Å². The highest BCUT2D eigenvalue weighted by molar-refractivity contribution is 6.33. The smallest absolute Gasteiger partial charge is 0.306 e. The van der Waals surface area contributed by atoms with Crippen LogP contribution < -0.4 is 5.32 Å². The Morgan fingerprint density at radius 1 is 1.12 bits per heavy atom. The number of nitrogens with one attached hydrogen (secondary N) is 1. The van der Waals surface area contributed by atoms with E-state index in [9.17, 15) is 18.4 Å². The number of hydrogen-bond donors (Lipinski definition) is 1. The van der Waals surface area contributed by atoms with E-state index in [4.69, 9.17) is 27.9 Å². The maximum atomic E-state index is 14.0. The average molecular weight is 512 g/mol. The van der Waals surface area contributed by atoms with Crippen molar-refractivity contribution in [2.75, 3.05) is 12.4 Å². The number of rotatable bonds is 8. The summed E-state index contributed by atoms with van der Waals surface area (Å²) in [6.07, 6.45) is -0.158. The van der Waals surface area contributed by atoms with Gasteiger partial charge in [0.05, 0.1) is 30.2 Å². The van der Waals surface area contributed by atoms with Crippen molar-refractivity contribution < 1.29 is 23.1 Å². The number of carbonyl (C=O) groups is 2. The van der Waals surface area contributed by atoms with Crippen LogP contribution in [0.4, 0.5) is 14.5 Å². The largest absolute Gasteiger partial charge is 0.469 e. The van der Waals surface area contributed by atoms with Gasteiger partial charge in [-0.2, -0.15) is 0 Å². The molecule has 184 valence electrons. The second-order valence-electron chi connectivity index (χ2n) is 9.25. The second kappa shape index (κ2) is 11.0. The monoisotopic (exact) mass is 511 g/mol. The third-order valence-corrected chi connectivity index (χ3v) is 7.10. The second-order valence-corrected chi connectivity index (χ2v) is 10.1. The van der Waals surface area contributed by atoms with Crippen LogP contribution in [0.15, 0.2) is 42.5 Å². The van der Waals surface area contributed by atoms with Crippen LogP contribution in [0, 0.1) is 11.8 Å². The van der Waals surface area contributed by atoms with Crippen LogP contribution >= 0.6 is 23.2 Å². The van der Waals surface area contributed by atoms with Crippen molar-refractivity contribution in [3.63, 3.8) is 0 Å². The summed E-state index contributed by atoms with van der Waals surface area (Å²) in [5, 5.41) is 3.69. The minimum Gasteiger partial charge on any atom is -0.469 e. The number of alkyl halides is 2. The standard InChI is InChI=1S/C26H29Cl2F2NO3/c1-15(2)20(13-23(32)34-3)17-6-9-21(28)22(12-17)31-25(33)24(16-4-7-19(27)8-5-16)18-10-11-26(29,30)14-18/h4-9,12,15,18,20,24H,10-11,13-14H2,1-3H3,(H,31,33). The van der Waals surface area contributed by atoms with Gasteiger partial charge in [0.25, 0.3) is 0 Å². The molecule has 1 N–H and O–H groups in total. The molecule has 0 bridgehead atoms. The van der Waals surface area contributed by atoms with Gasteiger partial charge in [0.1, 0.15) is 0 Å². The van der Waals surface area contributed by atoms with Gasteiger partial charge in [-0.3, -0.25) is 9.59 Å². The molecule has 1 fully saturated rings. The van der Waals surface area contributed by atoms with Crippen molar-refractivity contribution >= 4 is 40.8 Å². The van der Waals surface area contributed by atoms with E-state index in [0.29, 0.717) is 21.3 Å². The quantitative estimate of drug-likeness (QED) is 0.374. The predicted octanol–water partition coefficient (Wildman–Crippen LogP) is 7.45. The fourth-order valence-electron chi connectivity index (χ4n) is 4.66. The number of amides is 1. The van der Waals surface area contributed by atoms with Gasteiger partial charge in [0, 0.05) is 17.9 Å². The zero-order valence-electron chi connectivity index (χ0n) is 19.4. The van der Waals surface area contributed by atoms with Crippen molar-refractivity contribution in [2.45, 2.75) is 57.3 Å². The lowest BCUT2D eigenvalue weighted by molar-refractivity contribution is -0.141. The third kappa shape index (κ3) is 6.48. The summed E-state index contributed by atoms with van der Waals surface area (Å²) in [4.78, 5) is 25.4. The van der Waals surface area contributed by atoms with E-state index in [0.717, 1.165) is 5.56 Å². The summed E-state index contributed by atoms with van der Waals surface area (Å²) in [5.41, 5.74) is 1.83. The number of esters is 1. The molecule has 34 heavy (non-hydrogen) atoms. The van der Waals surface area contributed by atoms with Crippen molar-refractivity contribution in [3.05, 3.63) is 63.6 Å². The van der Waals surface area contributed by atoms with E-state index in [1.54, 1.807) is 36.4 Å². The Kier molecular flexibility index (Phi) is 8.58. The maximum absolute atomic E-state index is 14.0. The van der Waals surface area contributed by atoms with Gasteiger partial charge in [-0.1, -0.05) is 55.2 Å². The summed E-state index contributed by atoms with van der Waals surface area (Å²) in [6, 6.07) is 11.9. The van der Waals surface area contributed by atoms with Crippen LogP contribution in [0.2, 0.25) is 10.0 Å². The molecule has 4 nitrogen and oxygen atoms in total. The van der Waals surface area contributed by atoms with Crippen LogP contribution in [-0.2, 0) is 14.3 Å². The summed E-state index contributed by atoms with van der Waals surface area (Å²) in [6.45, 7) is 3.99. The number of hydrogen-bond acceptors (Lipinski definition) is 3. The highest BCUT2D eigenvalue weighted by Crippen LogP contribution is 2.46. The van der Waals surface area contributed by atoms with Crippen molar-refractivity contribution in [3.8, 4) is 0 Å². The molecule has 3 atom stereocenters. The molecule has 1 saturated carbocycles. The molecule has 0 radical (unpaired) electrons. The van der Waals surface area contributed by atoms with Gasteiger partial charge in [-0.15, -0.1) is 0 Å². The van der Waals surface area contributed by atoms with Crippen molar-refractivity contribution in [2.24, 2.45) is 11.8 Å². The topological polar surface area (TPSA) is 55.4 Å². The van der Waals surface area contributed by atoms with Gasteiger partial charge in [-0.05, 0) is 59.6 Å². The first kappa shape index (κ1) is 26.4. The molecular weight excluding hydrogens is 483 g/mol. The molecular formula is C26H29Cl2F2NO3. The molecule has 2 aromatic rings. The highest BCUT2D eigenvalue weighted by Gasteiger charge is 2.45. The summed E-state index contributed by atoms with van der Waals surface area (Å²) in [7, 11) is 1.34. The average Bonchev–Trinajstić information content (AvgIpc) is 3.13. The minimum atomic E-state index is -2.79. The number of anilines is 1. The molecule has 0 spiro atoms. The molecule has 2 aromatic carbocycles. The number of halogens is 4. The van der Waals surface area contributed by atoms with Gasteiger partial charge >= 0.3 is 5.97 Å². The number of ether oxygens (including phenoxy) is 1. The first-order chi connectivity index (χ1) is 16.0. The lowest BCUT2D eigenvalue weighted by atomic mass is 9.83. The predicted molar refractivity (Wildman–Crippen MR) is 131 cm³/mol. The Balaban J connectivity index is 1.91. The van der Waals surface area contributed by atoms with E-state index in [1.165, 1.54) is 7.11 Å². The molecule has 3 rings (SSSR count). The van der Waals surface area contributed by atoms with Crippen molar-refractivity contribution in [1.29, 1.82) is 0 Å². The van der Waals surface area contributed by atoms with Crippen LogP contribution in [0.1, 0.15) is 62.5 Å². The fourth-order valence-corrected chi connectivity index (χ4v) is 4.95. The third-order valence-electron chi connectivity index (χ3n) is 6.52. The Morgan fingerprint density at radius 2 is 1.76 bits per heavy atom. The van der Waals surface area contributed by atoms with Crippen LogP contribution in [-0.4, -0.2) is 24.9 Å².